The van der Waals surface area contributed by atoms with Crippen molar-refractivity contribution in [3.8, 4) is 0 Å². The van der Waals surface area contributed by atoms with Crippen LogP contribution in [0.25, 0.3) is 0 Å². The molecule has 3 aromatic rings. The highest BCUT2D eigenvalue weighted by molar-refractivity contribution is 8.01. The van der Waals surface area contributed by atoms with E-state index in [2.05, 4.69) is 86.4 Å². The summed E-state index contributed by atoms with van der Waals surface area (Å²) in [5, 5.41) is 15.1. The van der Waals surface area contributed by atoms with E-state index >= 15 is 0 Å². The number of nitrogens with zero attached hydrogens (tertiary/aromatic N) is 1. The highest BCUT2D eigenvalue weighted by Crippen LogP contribution is 2.41. The molecule has 204 valence electrons. The first-order valence-corrected chi connectivity index (χ1v) is 17.2. The predicted molar refractivity (Wildman–Crippen MR) is 159 cm³/mol. The van der Waals surface area contributed by atoms with E-state index in [0.29, 0.717) is 24.8 Å². The highest BCUT2D eigenvalue weighted by atomic mass is 32.2. The number of esters is 1. The van der Waals surface area contributed by atoms with Gasteiger partial charge in [0.05, 0.1) is 12.7 Å². The minimum atomic E-state index is -2.61. The molecule has 0 amide bonds. The van der Waals surface area contributed by atoms with Gasteiger partial charge in [-0.25, -0.2) is 9.78 Å². The number of aromatic nitrogens is 1. The molecule has 1 N–H and O–H groups in total. The number of rotatable bonds is 11. The zero-order valence-corrected chi connectivity index (χ0v) is 25.4. The molecule has 2 aromatic carbocycles. The zero-order chi connectivity index (χ0) is 27.2. The van der Waals surface area contributed by atoms with E-state index in [1.54, 1.807) is 24.1 Å². The van der Waals surface area contributed by atoms with Crippen LogP contribution in [0.1, 0.15) is 57.4 Å². The van der Waals surface area contributed by atoms with Crippen LogP contribution < -0.4 is 10.4 Å². The standard InChI is InChI=1S/C30H39NO4S2Si/c1-5-34-28(33)26-21-37-29(31-26)36-19-18-25-22(16-17-27(25)32)20-35-38(30(2,3)4,23-12-8-6-9-13-23)24-14-10-7-11-15-24/h6-15,21-22,25,27,32H,5,16-20H2,1-4H3. The van der Waals surface area contributed by atoms with E-state index < -0.39 is 8.32 Å². The van der Waals surface area contributed by atoms with Crippen LogP contribution in [0.5, 0.6) is 0 Å². The molecule has 0 bridgehead atoms. The second-order valence-corrected chi connectivity index (χ2v) is 17.4. The van der Waals surface area contributed by atoms with Crippen molar-refractivity contribution in [2.24, 2.45) is 11.8 Å². The lowest BCUT2D eigenvalue weighted by atomic mass is 9.93. The molecule has 3 unspecified atom stereocenters. The molecular formula is C30H39NO4S2Si. The molecule has 0 spiro atoms. The molecule has 5 nitrogen and oxygen atoms in total. The van der Waals surface area contributed by atoms with Crippen molar-refractivity contribution in [3.63, 3.8) is 0 Å². The SMILES string of the molecule is CCOC(=O)c1csc(SCCC2C(O)CCC2CO[Si](c2ccccc2)(c2ccccc2)C(C)(C)C)n1. The van der Waals surface area contributed by atoms with Crippen molar-refractivity contribution in [2.45, 2.75) is 62.4 Å². The van der Waals surface area contributed by atoms with Crippen LogP contribution in [0, 0.1) is 11.8 Å². The third kappa shape index (κ3) is 6.42. The summed E-state index contributed by atoms with van der Waals surface area (Å²) in [6.45, 7) is 9.68. The van der Waals surface area contributed by atoms with Crippen LogP contribution in [0.4, 0.5) is 0 Å². The van der Waals surface area contributed by atoms with Crippen molar-refractivity contribution >= 4 is 47.8 Å². The monoisotopic (exact) mass is 569 g/mol. The second-order valence-electron chi connectivity index (χ2n) is 10.9. The maximum absolute atomic E-state index is 11.9. The Hall–Kier alpha value is -1.97. The molecule has 1 heterocycles. The van der Waals surface area contributed by atoms with Crippen LogP contribution in [0.15, 0.2) is 70.4 Å². The fraction of sp³-hybridized carbons (Fsp3) is 0.467. The van der Waals surface area contributed by atoms with Crippen LogP contribution in [-0.4, -0.2) is 49.4 Å². The maximum atomic E-state index is 11.9. The average Bonchev–Trinajstić information content (AvgIpc) is 3.52. The summed E-state index contributed by atoms with van der Waals surface area (Å²) in [6.07, 6.45) is 2.36. The normalized spacial score (nSPS) is 20.0. The van der Waals surface area contributed by atoms with E-state index in [-0.39, 0.29) is 23.0 Å². The van der Waals surface area contributed by atoms with Crippen molar-refractivity contribution in [2.75, 3.05) is 19.0 Å². The fourth-order valence-electron chi connectivity index (χ4n) is 5.66. The molecule has 0 aliphatic heterocycles. The number of aliphatic hydroxyl groups is 1. The Balaban J connectivity index is 1.47. The predicted octanol–water partition coefficient (Wildman–Crippen LogP) is 5.77. The summed E-state index contributed by atoms with van der Waals surface area (Å²) in [7, 11) is -2.61. The Labute approximate surface area is 236 Å². The van der Waals surface area contributed by atoms with Crippen LogP contribution in [0.2, 0.25) is 5.04 Å². The van der Waals surface area contributed by atoms with E-state index in [9.17, 15) is 9.90 Å². The summed E-state index contributed by atoms with van der Waals surface area (Å²) in [6, 6.07) is 21.5. The van der Waals surface area contributed by atoms with Gasteiger partial charge in [-0.05, 0) is 53.4 Å². The quantitative estimate of drug-likeness (QED) is 0.180. The van der Waals surface area contributed by atoms with E-state index in [4.69, 9.17) is 9.16 Å². The Bertz CT molecular complexity index is 1130. The summed E-state index contributed by atoms with van der Waals surface area (Å²) in [5.41, 5.74) is 0.372. The molecule has 3 atom stereocenters. The zero-order valence-electron chi connectivity index (χ0n) is 22.8. The molecule has 1 saturated carbocycles. The van der Waals surface area contributed by atoms with E-state index in [1.807, 2.05) is 0 Å². The maximum Gasteiger partial charge on any atom is 0.357 e. The third-order valence-corrected chi connectivity index (χ3v) is 14.6. The molecule has 1 fully saturated rings. The first kappa shape index (κ1) is 29.0. The summed E-state index contributed by atoms with van der Waals surface area (Å²) < 4.78 is 13.1. The van der Waals surface area contributed by atoms with E-state index in [0.717, 1.165) is 29.4 Å². The van der Waals surface area contributed by atoms with Gasteiger partial charge in [-0.2, -0.15) is 0 Å². The minimum absolute atomic E-state index is 0.0697. The van der Waals surface area contributed by atoms with Crippen molar-refractivity contribution in [1.29, 1.82) is 0 Å². The third-order valence-electron chi connectivity index (χ3n) is 7.51. The highest BCUT2D eigenvalue weighted by Gasteiger charge is 2.51. The van der Waals surface area contributed by atoms with Crippen molar-refractivity contribution in [1.82, 2.24) is 4.98 Å². The molecule has 1 aliphatic carbocycles. The lowest BCUT2D eigenvalue weighted by molar-refractivity contribution is 0.0520. The smallest absolute Gasteiger partial charge is 0.357 e. The van der Waals surface area contributed by atoms with Gasteiger partial charge in [-0.3, -0.25) is 0 Å². The molecule has 38 heavy (non-hydrogen) atoms. The molecule has 1 aliphatic rings. The second kappa shape index (κ2) is 12.9. The van der Waals surface area contributed by atoms with Gasteiger partial charge in [0.15, 0.2) is 10.0 Å². The first-order chi connectivity index (χ1) is 18.3. The molecule has 4 rings (SSSR count). The lowest BCUT2D eigenvalue weighted by Gasteiger charge is -2.44. The largest absolute Gasteiger partial charge is 0.461 e. The number of benzene rings is 2. The number of carbonyl (C=O) groups excluding carboxylic acids is 1. The Morgan fingerprint density at radius 3 is 2.29 bits per heavy atom. The molecule has 8 heteroatoms. The summed E-state index contributed by atoms with van der Waals surface area (Å²) in [4.78, 5) is 16.3. The fourth-order valence-corrected chi connectivity index (χ4v) is 12.2. The average molecular weight is 570 g/mol. The Morgan fingerprint density at radius 1 is 1.08 bits per heavy atom. The topological polar surface area (TPSA) is 68.7 Å². The molecule has 1 aromatic heterocycles. The van der Waals surface area contributed by atoms with Crippen molar-refractivity contribution < 1.29 is 19.1 Å². The summed E-state index contributed by atoms with van der Waals surface area (Å²) >= 11 is 3.11. The minimum Gasteiger partial charge on any atom is -0.461 e. The number of hydrogen-bond donors (Lipinski definition) is 1. The molecule has 0 radical (unpaired) electrons. The molecular weight excluding hydrogens is 531 g/mol. The van der Waals surface area contributed by atoms with Gasteiger partial charge in [0.25, 0.3) is 8.32 Å². The lowest BCUT2D eigenvalue weighted by Crippen LogP contribution is -2.67. The van der Waals surface area contributed by atoms with Gasteiger partial charge < -0.3 is 14.3 Å². The van der Waals surface area contributed by atoms with Crippen LogP contribution in [-0.2, 0) is 9.16 Å². The number of thiazole rings is 1. The van der Waals surface area contributed by atoms with Gasteiger partial charge in [0.1, 0.15) is 0 Å². The Kier molecular flexibility index (Phi) is 9.87. The number of thioether (sulfide) groups is 1. The number of hydrogen-bond acceptors (Lipinski definition) is 7. The van der Waals surface area contributed by atoms with Gasteiger partial charge in [0.2, 0.25) is 0 Å². The Morgan fingerprint density at radius 2 is 1.71 bits per heavy atom. The number of aliphatic hydroxyl groups excluding tert-OH is 1. The number of ether oxygens (including phenoxy) is 1. The first-order valence-electron chi connectivity index (χ1n) is 13.4. The van der Waals surface area contributed by atoms with Crippen LogP contribution in [0.3, 0.4) is 0 Å². The van der Waals surface area contributed by atoms with Gasteiger partial charge in [-0.1, -0.05) is 93.2 Å². The molecule has 0 saturated heterocycles. The summed E-state index contributed by atoms with van der Waals surface area (Å²) in [5.74, 6) is 0.957. The van der Waals surface area contributed by atoms with Gasteiger partial charge in [0, 0.05) is 17.7 Å². The van der Waals surface area contributed by atoms with Gasteiger partial charge in [-0.15, -0.1) is 11.3 Å². The van der Waals surface area contributed by atoms with Gasteiger partial charge >= 0.3 is 5.97 Å². The number of carbonyl (C=O) groups is 1. The van der Waals surface area contributed by atoms with Crippen molar-refractivity contribution in [3.05, 3.63) is 71.7 Å². The van der Waals surface area contributed by atoms with E-state index in [1.165, 1.54) is 21.7 Å². The van der Waals surface area contributed by atoms with Crippen LogP contribution >= 0.6 is 23.1 Å².